The lowest BCUT2D eigenvalue weighted by Gasteiger charge is -2.36. The second-order valence-corrected chi connectivity index (χ2v) is 6.81. The molecule has 2 aromatic rings. The molecule has 1 atom stereocenters. The molecule has 0 aromatic heterocycles. The smallest absolute Gasteiger partial charge is 0.0802 e. The molecule has 1 unspecified atom stereocenters. The van der Waals surface area contributed by atoms with Gasteiger partial charge in [-0.2, -0.15) is 0 Å². The lowest BCUT2D eigenvalue weighted by molar-refractivity contribution is 0.139. The summed E-state index contributed by atoms with van der Waals surface area (Å²) in [7, 11) is 0. The summed E-state index contributed by atoms with van der Waals surface area (Å²) >= 11 is 0. The summed E-state index contributed by atoms with van der Waals surface area (Å²) in [4.78, 5) is 4.90. The molecule has 3 heteroatoms. The Kier molecular flexibility index (Phi) is 5.54. The second kappa shape index (κ2) is 7.82. The molecule has 0 bridgehead atoms. The van der Waals surface area contributed by atoms with Gasteiger partial charge < -0.3 is 10.0 Å². The highest BCUT2D eigenvalue weighted by atomic mass is 16.3. The van der Waals surface area contributed by atoms with E-state index < -0.39 is 0 Å². The number of piperazine rings is 1. The van der Waals surface area contributed by atoms with E-state index in [-0.39, 0.29) is 6.10 Å². The molecule has 2 aromatic carbocycles. The van der Waals surface area contributed by atoms with Gasteiger partial charge in [0.1, 0.15) is 0 Å². The van der Waals surface area contributed by atoms with Crippen LogP contribution in [0.3, 0.4) is 0 Å². The van der Waals surface area contributed by atoms with Crippen LogP contribution in [-0.4, -0.2) is 42.7 Å². The average molecular weight is 324 g/mol. The fourth-order valence-corrected chi connectivity index (χ4v) is 3.31. The number of anilines is 1. The van der Waals surface area contributed by atoms with Crippen molar-refractivity contribution in [1.29, 1.82) is 0 Å². The van der Waals surface area contributed by atoms with Crippen molar-refractivity contribution < 1.29 is 5.11 Å². The summed E-state index contributed by atoms with van der Waals surface area (Å²) in [6, 6.07) is 16.9. The molecule has 1 aliphatic heterocycles. The van der Waals surface area contributed by atoms with Crippen molar-refractivity contribution in [2.45, 2.75) is 26.4 Å². The van der Waals surface area contributed by atoms with Crippen molar-refractivity contribution in [3.05, 3.63) is 65.2 Å². The van der Waals surface area contributed by atoms with E-state index in [9.17, 15) is 5.11 Å². The van der Waals surface area contributed by atoms with Crippen molar-refractivity contribution in [1.82, 2.24) is 4.90 Å². The van der Waals surface area contributed by atoms with Gasteiger partial charge in [-0.3, -0.25) is 4.90 Å². The van der Waals surface area contributed by atoms with Crippen LogP contribution in [0.1, 0.15) is 29.2 Å². The fraction of sp³-hybridized carbons (Fsp3) is 0.429. The zero-order chi connectivity index (χ0) is 16.9. The Hall–Kier alpha value is -1.84. The van der Waals surface area contributed by atoms with Gasteiger partial charge in [0.2, 0.25) is 0 Å². The highest BCUT2D eigenvalue weighted by Gasteiger charge is 2.18. The highest BCUT2D eigenvalue weighted by Crippen LogP contribution is 2.21. The molecule has 1 N–H and O–H groups in total. The van der Waals surface area contributed by atoms with Gasteiger partial charge in [-0.1, -0.05) is 36.4 Å². The molecule has 0 spiro atoms. The monoisotopic (exact) mass is 324 g/mol. The van der Waals surface area contributed by atoms with Crippen LogP contribution in [0.15, 0.2) is 48.5 Å². The Morgan fingerprint density at radius 1 is 0.917 bits per heavy atom. The molecule has 0 amide bonds. The van der Waals surface area contributed by atoms with Gasteiger partial charge in [-0.25, -0.2) is 0 Å². The number of benzene rings is 2. The molecule has 1 fully saturated rings. The minimum atomic E-state index is -0.364. The number of nitrogens with zero attached hydrogens (tertiary/aromatic N) is 2. The van der Waals surface area contributed by atoms with Crippen LogP contribution >= 0.6 is 0 Å². The second-order valence-electron chi connectivity index (χ2n) is 6.81. The third-order valence-electron chi connectivity index (χ3n) is 5.13. The maximum Gasteiger partial charge on any atom is 0.0802 e. The first-order valence-electron chi connectivity index (χ1n) is 8.91. The van der Waals surface area contributed by atoms with Gasteiger partial charge in [0.15, 0.2) is 0 Å². The normalized spacial score (nSPS) is 17.0. The Balaban J connectivity index is 1.47. The molecule has 0 aliphatic carbocycles. The highest BCUT2D eigenvalue weighted by molar-refractivity contribution is 5.46. The van der Waals surface area contributed by atoms with Crippen LogP contribution in [-0.2, 0) is 0 Å². The number of para-hydroxylation sites is 1. The van der Waals surface area contributed by atoms with E-state index in [4.69, 9.17) is 0 Å². The predicted octanol–water partition coefficient (Wildman–Crippen LogP) is 3.55. The standard InChI is InChI=1S/C21H28N2O/c1-17-8-9-19(16-18(17)2)21(24)10-11-22-12-14-23(15-13-22)20-6-4-3-5-7-20/h3-9,16,21,24H,10-15H2,1-2H3. The molecule has 0 saturated carbocycles. The van der Waals surface area contributed by atoms with Crippen molar-refractivity contribution in [2.24, 2.45) is 0 Å². The first-order chi connectivity index (χ1) is 11.6. The topological polar surface area (TPSA) is 26.7 Å². The van der Waals surface area contributed by atoms with Crippen molar-refractivity contribution >= 4 is 5.69 Å². The number of aryl methyl sites for hydroxylation is 2. The van der Waals surface area contributed by atoms with E-state index in [0.717, 1.165) is 44.7 Å². The molecular weight excluding hydrogens is 296 g/mol. The lowest BCUT2D eigenvalue weighted by Crippen LogP contribution is -2.46. The molecular formula is C21H28N2O. The number of hydrogen-bond acceptors (Lipinski definition) is 3. The third-order valence-corrected chi connectivity index (χ3v) is 5.13. The van der Waals surface area contributed by atoms with Crippen LogP contribution in [0.25, 0.3) is 0 Å². The first kappa shape index (κ1) is 17.0. The molecule has 1 heterocycles. The van der Waals surface area contributed by atoms with Gasteiger partial charge in [0, 0.05) is 38.4 Å². The lowest BCUT2D eigenvalue weighted by atomic mass is 10.0. The van der Waals surface area contributed by atoms with Crippen LogP contribution in [0.4, 0.5) is 5.69 Å². The number of rotatable bonds is 5. The van der Waals surface area contributed by atoms with E-state index >= 15 is 0 Å². The maximum absolute atomic E-state index is 10.5. The number of aliphatic hydroxyl groups excluding tert-OH is 1. The predicted molar refractivity (Wildman–Crippen MR) is 101 cm³/mol. The van der Waals surface area contributed by atoms with E-state index in [1.165, 1.54) is 16.8 Å². The van der Waals surface area contributed by atoms with Gasteiger partial charge in [-0.05, 0) is 49.1 Å². The van der Waals surface area contributed by atoms with Crippen LogP contribution in [0.5, 0.6) is 0 Å². The maximum atomic E-state index is 10.5. The van der Waals surface area contributed by atoms with E-state index in [1.54, 1.807) is 0 Å². The minimum absolute atomic E-state index is 0.364. The zero-order valence-corrected chi connectivity index (χ0v) is 14.8. The Labute approximate surface area is 145 Å². The summed E-state index contributed by atoms with van der Waals surface area (Å²) in [6.07, 6.45) is 0.435. The largest absolute Gasteiger partial charge is 0.388 e. The van der Waals surface area contributed by atoms with E-state index in [1.807, 2.05) is 0 Å². The molecule has 128 valence electrons. The van der Waals surface area contributed by atoms with Crippen LogP contribution in [0, 0.1) is 13.8 Å². The van der Waals surface area contributed by atoms with Gasteiger partial charge >= 0.3 is 0 Å². The van der Waals surface area contributed by atoms with Crippen molar-refractivity contribution in [2.75, 3.05) is 37.6 Å². The molecule has 24 heavy (non-hydrogen) atoms. The van der Waals surface area contributed by atoms with E-state index in [2.05, 4.69) is 72.2 Å². The van der Waals surface area contributed by atoms with Gasteiger partial charge in [0.05, 0.1) is 6.10 Å². The molecule has 0 radical (unpaired) electrons. The summed E-state index contributed by atoms with van der Waals surface area (Å²) < 4.78 is 0. The Morgan fingerprint density at radius 2 is 1.62 bits per heavy atom. The molecule has 1 saturated heterocycles. The third kappa shape index (κ3) is 4.16. The van der Waals surface area contributed by atoms with Gasteiger partial charge in [0.25, 0.3) is 0 Å². The SMILES string of the molecule is Cc1ccc(C(O)CCN2CCN(c3ccccc3)CC2)cc1C. The number of aliphatic hydroxyl groups is 1. The van der Waals surface area contributed by atoms with Gasteiger partial charge in [-0.15, -0.1) is 0 Å². The number of hydrogen-bond donors (Lipinski definition) is 1. The van der Waals surface area contributed by atoms with Crippen molar-refractivity contribution in [3.63, 3.8) is 0 Å². The Morgan fingerprint density at radius 3 is 2.29 bits per heavy atom. The van der Waals surface area contributed by atoms with Crippen molar-refractivity contribution in [3.8, 4) is 0 Å². The Bertz CT molecular complexity index is 648. The summed E-state index contributed by atoms with van der Waals surface area (Å²) in [5.41, 5.74) is 4.89. The molecule has 3 rings (SSSR count). The summed E-state index contributed by atoms with van der Waals surface area (Å²) in [6.45, 7) is 9.42. The first-order valence-corrected chi connectivity index (χ1v) is 8.91. The van der Waals surface area contributed by atoms with Crippen LogP contribution < -0.4 is 4.90 Å². The quantitative estimate of drug-likeness (QED) is 0.911. The fourth-order valence-electron chi connectivity index (χ4n) is 3.31. The average Bonchev–Trinajstić information content (AvgIpc) is 2.63. The zero-order valence-electron chi connectivity index (χ0n) is 14.8. The molecule has 1 aliphatic rings. The minimum Gasteiger partial charge on any atom is -0.388 e. The molecule has 3 nitrogen and oxygen atoms in total. The van der Waals surface area contributed by atoms with E-state index in [0.29, 0.717) is 0 Å². The summed E-state index contributed by atoms with van der Waals surface area (Å²) in [5.74, 6) is 0. The van der Waals surface area contributed by atoms with Crippen LogP contribution in [0.2, 0.25) is 0 Å². The summed E-state index contributed by atoms with van der Waals surface area (Å²) in [5, 5.41) is 10.5.